The van der Waals surface area contributed by atoms with Crippen molar-refractivity contribution in [2.75, 3.05) is 13.1 Å². The lowest BCUT2D eigenvalue weighted by Gasteiger charge is -2.32. The van der Waals surface area contributed by atoms with E-state index in [0.717, 1.165) is 31.5 Å². The van der Waals surface area contributed by atoms with Gasteiger partial charge in [-0.25, -0.2) is 0 Å². The third-order valence-corrected chi connectivity index (χ3v) is 4.74. The molecule has 2 fully saturated rings. The third-order valence-electron chi connectivity index (χ3n) is 4.74. The lowest BCUT2D eigenvalue weighted by atomic mass is 9.91. The molecule has 2 aliphatic rings. The molecule has 0 radical (unpaired) electrons. The molecule has 4 heteroatoms. The number of carbonyl (C=O) groups excluding carboxylic acids is 1. The van der Waals surface area contributed by atoms with Crippen LogP contribution in [-0.4, -0.2) is 35.0 Å². The molecule has 1 aromatic rings. The number of amides is 1. The second-order valence-corrected chi connectivity index (χ2v) is 6.91. The fourth-order valence-corrected chi connectivity index (χ4v) is 3.33. The number of phenolic OH excluding ortho intramolecular Hbond substituents is 1. The number of benzene rings is 1. The van der Waals surface area contributed by atoms with Crippen molar-refractivity contribution in [1.29, 1.82) is 0 Å². The topological polar surface area (TPSA) is 52.6 Å². The Balaban J connectivity index is 1.69. The molecular weight excluding hydrogens is 276 g/mol. The maximum Gasteiger partial charge on any atom is 0.226 e. The van der Waals surface area contributed by atoms with Crippen molar-refractivity contribution in [3.8, 4) is 5.75 Å². The molecule has 0 aromatic heterocycles. The van der Waals surface area contributed by atoms with Gasteiger partial charge in [-0.3, -0.25) is 4.79 Å². The highest BCUT2D eigenvalue weighted by Gasteiger charge is 2.32. The summed E-state index contributed by atoms with van der Waals surface area (Å²) in [6, 6.07) is 7.68. The van der Waals surface area contributed by atoms with E-state index in [9.17, 15) is 9.90 Å². The Kier molecular flexibility index (Phi) is 4.67. The fourth-order valence-electron chi connectivity index (χ4n) is 3.33. The fraction of sp³-hybridized carbons (Fsp3) is 0.611. The van der Waals surface area contributed by atoms with Gasteiger partial charge in [0.2, 0.25) is 5.91 Å². The summed E-state index contributed by atoms with van der Waals surface area (Å²) >= 11 is 0. The zero-order chi connectivity index (χ0) is 15.5. The van der Waals surface area contributed by atoms with E-state index in [0.29, 0.717) is 24.4 Å². The summed E-state index contributed by atoms with van der Waals surface area (Å²) in [7, 11) is 0. The highest BCUT2D eigenvalue weighted by Crippen LogP contribution is 2.31. The average molecular weight is 302 g/mol. The molecule has 4 nitrogen and oxygen atoms in total. The summed E-state index contributed by atoms with van der Waals surface area (Å²) in [5, 5.41) is 13.0. The van der Waals surface area contributed by atoms with Crippen molar-refractivity contribution >= 4 is 5.91 Å². The first-order valence-electron chi connectivity index (χ1n) is 8.42. The zero-order valence-corrected chi connectivity index (χ0v) is 13.3. The first-order chi connectivity index (χ1) is 10.6. The molecule has 1 aromatic carbocycles. The molecule has 1 heterocycles. The number of nitrogens with zero attached hydrogens (tertiary/aromatic N) is 1. The van der Waals surface area contributed by atoms with Gasteiger partial charge in [0.1, 0.15) is 5.75 Å². The van der Waals surface area contributed by atoms with Crippen molar-refractivity contribution in [1.82, 2.24) is 10.2 Å². The Hall–Kier alpha value is -1.55. The number of aromatic hydroxyl groups is 1. The zero-order valence-electron chi connectivity index (χ0n) is 13.3. The van der Waals surface area contributed by atoms with E-state index in [1.807, 2.05) is 17.0 Å². The predicted molar refractivity (Wildman–Crippen MR) is 86.4 cm³/mol. The SMILES string of the molecule is C[C@H]1C[C@@H](C(=O)N(Cc2cccc(O)c2)CC2CC2)CCN1. The van der Waals surface area contributed by atoms with Crippen LogP contribution in [0.25, 0.3) is 0 Å². The van der Waals surface area contributed by atoms with Gasteiger partial charge in [-0.2, -0.15) is 0 Å². The molecule has 1 amide bonds. The lowest BCUT2D eigenvalue weighted by molar-refractivity contribution is -0.137. The van der Waals surface area contributed by atoms with E-state index in [-0.39, 0.29) is 11.7 Å². The summed E-state index contributed by atoms with van der Waals surface area (Å²) < 4.78 is 0. The van der Waals surface area contributed by atoms with E-state index in [4.69, 9.17) is 0 Å². The summed E-state index contributed by atoms with van der Waals surface area (Å²) in [5.41, 5.74) is 1.01. The summed E-state index contributed by atoms with van der Waals surface area (Å²) in [6.07, 6.45) is 4.35. The number of carbonyl (C=O) groups is 1. The Bertz CT molecular complexity index is 528. The molecule has 120 valence electrons. The minimum atomic E-state index is 0.146. The average Bonchev–Trinajstić information content (AvgIpc) is 3.30. The first-order valence-corrected chi connectivity index (χ1v) is 8.42. The molecule has 0 spiro atoms. The van der Waals surface area contributed by atoms with Crippen molar-refractivity contribution in [2.45, 2.75) is 45.2 Å². The lowest BCUT2D eigenvalue weighted by Crippen LogP contribution is -2.44. The van der Waals surface area contributed by atoms with E-state index in [1.165, 1.54) is 12.8 Å². The van der Waals surface area contributed by atoms with Crippen molar-refractivity contribution in [2.24, 2.45) is 11.8 Å². The Morgan fingerprint density at radius 3 is 2.86 bits per heavy atom. The maximum atomic E-state index is 12.9. The quantitative estimate of drug-likeness (QED) is 0.879. The number of hydrogen-bond acceptors (Lipinski definition) is 3. The molecular formula is C18H26N2O2. The summed E-state index contributed by atoms with van der Waals surface area (Å²) in [4.78, 5) is 15.0. The molecule has 1 aliphatic carbocycles. The van der Waals surface area contributed by atoms with Gasteiger partial charge in [-0.05, 0) is 62.8 Å². The molecule has 22 heavy (non-hydrogen) atoms. The largest absolute Gasteiger partial charge is 0.508 e. The number of rotatable bonds is 5. The minimum absolute atomic E-state index is 0.146. The second kappa shape index (κ2) is 6.69. The van der Waals surface area contributed by atoms with Gasteiger partial charge < -0.3 is 15.3 Å². The van der Waals surface area contributed by atoms with Crippen LogP contribution in [0.5, 0.6) is 5.75 Å². The van der Waals surface area contributed by atoms with Crippen LogP contribution in [0, 0.1) is 11.8 Å². The smallest absolute Gasteiger partial charge is 0.226 e. The van der Waals surface area contributed by atoms with Gasteiger partial charge >= 0.3 is 0 Å². The second-order valence-electron chi connectivity index (χ2n) is 6.91. The van der Waals surface area contributed by atoms with Gasteiger partial charge in [-0.1, -0.05) is 12.1 Å². The summed E-state index contributed by atoms with van der Waals surface area (Å²) in [6.45, 7) is 4.57. The molecule has 2 N–H and O–H groups in total. The van der Waals surface area contributed by atoms with E-state index >= 15 is 0 Å². The van der Waals surface area contributed by atoms with Crippen LogP contribution in [0.4, 0.5) is 0 Å². The van der Waals surface area contributed by atoms with Crippen LogP contribution in [-0.2, 0) is 11.3 Å². The van der Waals surface area contributed by atoms with Crippen LogP contribution in [0.15, 0.2) is 24.3 Å². The Morgan fingerprint density at radius 1 is 1.36 bits per heavy atom. The minimum Gasteiger partial charge on any atom is -0.508 e. The monoisotopic (exact) mass is 302 g/mol. The van der Waals surface area contributed by atoms with Crippen LogP contribution in [0.1, 0.15) is 38.2 Å². The molecule has 2 atom stereocenters. The third kappa shape index (κ3) is 4.01. The van der Waals surface area contributed by atoms with Gasteiger partial charge in [0.05, 0.1) is 0 Å². The van der Waals surface area contributed by atoms with Crippen LogP contribution < -0.4 is 5.32 Å². The van der Waals surface area contributed by atoms with E-state index < -0.39 is 0 Å². The standard InChI is InChI=1S/C18H26N2O2/c1-13-9-16(7-8-19-13)18(22)20(11-14-5-6-14)12-15-3-2-4-17(21)10-15/h2-4,10,13-14,16,19,21H,5-9,11-12H2,1H3/t13-,16-/m0/s1. The number of phenols is 1. The van der Waals surface area contributed by atoms with Crippen molar-refractivity contribution in [3.63, 3.8) is 0 Å². The van der Waals surface area contributed by atoms with Crippen molar-refractivity contribution < 1.29 is 9.90 Å². The van der Waals surface area contributed by atoms with E-state index in [1.54, 1.807) is 12.1 Å². The predicted octanol–water partition coefficient (Wildman–Crippen LogP) is 2.52. The van der Waals surface area contributed by atoms with Crippen LogP contribution in [0.2, 0.25) is 0 Å². The van der Waals surface area contributed by atoms with Crippen LogP contribution >= 0.6 is 0 Å². The highest BCUT2D eigenvalue weighted by molar-refractivity contribution is 5.79. The molecule has 0 unspecified atom stereocenters. The van der Waals surface area contributed by atoms with Crippen molar-refractivity contribution in [3.05, 3.63) is 29.8 Å². The first kappa shape index (κ1) is 15.3. The molecule has 0 bridgehead atoms. The Morgan fingerprint density at radius 2 is 2.18 bits per heavy atom. The Labute approximate surface area is 132 Å². The maximum absolute atomic E-state index is 12.9. The molecule has 1 saturated carbocycles. The molecule has 3 rings (SSSR count). The van der Waals surface area contributed by atoms with E-state index in [2.05, 4.69) is 12.2 Å². The van der Waals surface area contributed by atoms with Crippen LogP contribution in [0.3, 0.4) is 0 Å². The van der Waals surface area contributed by atoms with Gasteiger partial charge in [0, 0.05) is 25.0 Å². The molecule has 1 saturated heterocycles. The molecule has 1 aliphatic heterocycles. The highest BCUT2D eigenvalue weighted by atomic mass is 16.3. The number of hydrogen-bond donors (Lipinski definition) is 2. The summed E-state index contributed by atoms with van der Waals surface area (Å²) in [5.74, 6) is 1.39. The van der Waals surface area contributed by atoms with Gasteiger partial charge in [0.15, 0.2) is 0 Å². The normalized spacial score (nSPS) is 25.0. The number of piperidine rings is 1. The van der Waals surface area contributed by atoms with Gasteiger partial charge in [-0.15, -0.1) is 0 Å². The van der Waals surface area contributed by atoms with Gasteiger partial charge in [0.25, 0.3) is 0 Å². The number of nitrogens with one attached hydrogen (secondary N) is 1.